The number of para-hydroxylation sites is 1. The Balaban J connectivity index is 1.65. The fourth-order valence-corrected chi connectivity index (χ4v) is 2.87. The molecule has 1 aliphatic heterocycles. The maximum Gasteiger partial charge on any atom is 0.231 e. The minimum absolute atomic E-state index is 0.101. The number of hydrogen-bond acceptors (Lipinski definition) is 4. The fourth-order valence-electron chi connectivity index (χ4n) is 2.87. The number of nitrogens with one attached hydrogen (secondary N) is 1. The van der Waals surface area contributed by atoms with Crippen molar-refractivity contribution in [2.75, 3.05) is 19.0 Å². The molecule has 0 aliphatic carbocycles. The summed E-state index contributed by atoms with van der Waals surface area (Å²) in [6, 6.07) is 12.7. The fraction of sp³-hybridized carbons (Fsp3) is 0.263. The Labute approximate surface area is 145 Å². The van der Waals surface area contributed by atoms with Crippen LogP contribution in [-0.4, -0.2) is 25.5 Å². The number of benzene rings is 2. The zero-order valence-electron chi connectivity index (χ0n) is 14.0. The van der Waals surface area contributed by atoms with Crippen LogP contribution in [0, 0.1) is 5.92 Å². The van der Waals surface area contributed by atoms with Gasteiger partial charge in [-0.1, -0.05) is 24.3 Å². The SMILES string of the molecule is COc1cccc2c1OCC(C(=O)Nc1ccc(CC(N)=O)cc1)C2. The van der Waals surface area contributed by atoms with E-state index in [0.717, 1.165) is 11.1 Å². The molecule has 0 fully saturated rings. The minimum atomic E-state index is -0.384. The van der Waals surface area contributed by atoms with Crippen molar-refractivity contribution in [1.82, 2.24) is 0 Å². The summed E-state index contributed by atoms with van der Waals surface area (Å²) in [7, 11) is 1.60. The highest BCUT2D eigenvalue weighted by Crippen LogP contribution is 2.36. The van der Waals surface area contributed by atoms with E-state index in [1.54, 1.807) is 31.4 Å². The number of nitrogens with two attached hydrogens (primary N) is 1. The molecule has 1 heterocycles. The third kappa shape index (κ3) is 3.91. The third-order valence-electron chi connectivity index (χ3n) is 4.15. The standard InChI is InChI=1S/C19H20N2O4/c1-24-16-4-2-3-13-10-14(11-25-18(13)16)19(23)21-15-7-5-12(6-8-15)9-17(20)22/h2-8,14H,9-11H2,1H3,(H2,20,22)(H,21,23). The Hall–Kier alpha value is -3.02. The van der Waals surface area contributed by atoms with E-state index in [-0.39, 0.29) is 24.2 Å². The van der Waals surface area contributed by atoms with Gasteiger partial charge in [0.2, 0.25) is 11.8 Å². The summed E-state index contributed by atoms with van der Waals surface area (Å²) in [5.74, 6) is 0.637. The highest BCUT2D eigenvalue weighted by atomic mass is 16.5. The zero-order chi connectivity index (χ0) is 17.8. The summed E-state index contributed by atoms with van der Waals surface area (Å²) in [5, 5.41) is 2.89. The minimum Gasteiger partial charge on any atom is -0.493 e. The molecule has 25 heavy (non-hydrogen) atoms. The molecular weight excluding hydrogens is 320 g/mol. The van der Waals surface area contributed by atoms with Gasteiger partial charge in [-0.3, -0.25) is 9.59 Å². The van der Waals surface area contributed by atoms with Gasteiger partial charge < -0.3 is 20.5 Å². The molecule has 2 amide bonds. The molecule has 3 N–H and O–H groups in total. The van der Waals surface area contributed by atoms with Crippen LogP contribution in [0.1, 0.15) is 11.1 Å². The van der Waals surface area contributed by atoms with Crippen LogP contribution in [-0.2, 0) is 22.4 Å². The van der Waals surface area contributed by atoms with Crippen LogP contribution in [0.25, 0.3) is 0 Å². The van der Waals surface area contributed by atoms with E-state index in [1.165, 1.54) is 0 Å². The van der Waals surface area contributed by atoms with E-state index in [0.29, 0.717) is 30.2 Å². The normalized spacial score (nSPS) is 15.6. The Morgan fingerprint density at radius 3 is 2.68 bits per heavy atom. The van der Waals surface area contributed by atoms with Crippen molar-refractivity contribution in [3.63, 3.8) is 0 Å². The topological polar surface area (TPSA) is 90.7 Å². The van der Waals surface area contributed by atoms with Crippen LogP contribution < -0.4 is 20.5 Å². The van der Waals surface area contributed by atoms with Crippen LogP contribution in [0.15, 0.2) is 42.5 Å². The molecule has 1 aliphatic rings. The first-order chi connectivity index (χ1) is 12.1. The Morgan fingerprint density at radius 1 is 1.24 bits per heavy atom. The second-order valence-electron chi connectivity index (χ2n) is 5.99. The highest BCUT2D eigenvalue weighted by molar-refractivity contribution is 5.93. The summed E-state index contributed by atoms with van der Waals surface area (Å²) in [4.78, 5) is 23.4. The van der Waals surface area contributed by atoms with Gasteiger partial charge in [0, 0.05) is 5.69 Å². The van der Waals surface area contributed by atoms with E-state index < -0.39 is 0 Å². The van der Waals surface area contributed by atoms with Crippen molar-refractivity contribution < 1.29 is 19.1 Å². The maximum absolute atomic E-state index is 12.5. The molecule has 0 saturated carbocycles. The van der Waals surface area contributed by atoms with Gasteiger partial charge in [-0.2, -0.15) is 0 Å². The Bertz CT molecular complexity index is 787. The van der Waals surface area contributed by atoms with E-state index in [1.807, 2.05) is 18.2 Å². The summed E-state index contributed by atoms with van der Waals surface area (Å²) >= 11 is 0. The lowest BCUT2D eigenvalue weighted by molar-refractivity contribution is -0.121. The van der Waals surface area contributed by atoms with Crippen molar-refractivity contribution >= 4 is 17.5 Å². The van der Waals surface area contributed by atoms with Crippen molar-refractivity contribution in [2.24, 2.45) is 11.7 Å². The quantitative estimate of drug-likeness (QED) is 0.870. The molecule has 1 atom stereocenters. The first-order valence-corrected chi connectivity index (χ1v) is 8.03. The predicted molar refractivity (Wildman–Crippen MR) is 93.7 cm³/mol. The first-order valence-electron chi connectivity index (χ1n) is 8.03. The molecule has 0 radical (unpaired) electrons. The number of amides is 2. The maximum atomic E-state index is 12.5. The molecular formula is C19H20N2O4. The molecule has 6 heteroatoms. The number of carbonyl (C=O) groups excluding carboxylic acids is 2. The third-order valence-corrected chi connectivity index (χ3v) is 4.15. The average Bonchev–Trinajstić information content (AvgIpc) is 2.61. The molecule has 0 aromatic heterocycles. The summed E-state index contributed by atoms with van der Waals surface area (Å²) in [6.45, 7) is 0.305. The van der Waals surface area contributed by atoms with Crippen LogP contribution in [0.4, 0.5) is 5.69 Å². The summed E-state index contributed by atoms with van der Waals surface area (Å²) in [5.41, 5.74) is 7.62. The van der Waals surface area contributed by atoms with Gasteiger partial charge in [0.15, 0.2) is 11.5 Å². The summed E-state index contributed by atoms with van der Waals surface area (Å²) < 4.78 is 11.0. The van der Waals surface area contributed by atoms with Gasteiger partial charge in [0.1, 0.15) is 6.61 Å². The van der Waals surface area contributed by atoms with Crippen molar-refractivity contribution in [2.45, 2.75) is 12.8 Å². The number of hydrogen-bond donors (Lipinski definition) is 2. The molecule has 130 valence electrons. The molecule has 0 spiro atoms. The Morgan fingerprint density at radius 2 is 2.00 bits per heavy atom. The molecule has 3 rings (SSSR count). The smallest absolute Gasteiger partial charge is 0.231 e. The Kier molecular flexibility index (Phi) is 4.88. The summed E-state index contributed by atoms with van der Waals surface area (Å²) in [6.07, 6.45) is 0.779. The second-order valence-corrected chi connectivity index (χ2v) is 5.99. The number of primary amides is 1. The highest BCUT2D eigenvalue weighted by Gasteiger charge is 2.27. The number of fused-ring (bicyclic) bond motifs is 1. The van der Waals surface area contributed by atoms with Crippen LogP contribution in [0.2, 0.25) is 0 Å². The average molecular weight is 340 g/mol. The van der Waals surface area contributed by atoms with Crippen LogP contribution in [0.5, 0.6) is 11.5 Å². The van der Waals surface area contributed by atoms with Gasteiger partial charge in [0.05, 0.1) is 19.4 Å². The lowest BCUT2D eigenvalue weighted by Gasteiger charge is -2.25. The van der Waals surface area contributed by atoms with Crippen molar-refractivity contribution in [1.29, 1.82) is 0 Å². The molecule has 2 aromatic rings. The number of anilines is 1. The lowest BCUT2D eigenvalue weighted by Crippen LogP contribution is -2.32. The van der Waals surface area contributed by atoms with Crippen molar-refractivity contribution in [3.8, 4) is 11.5 Å². The van der Waals surface area contributed by atoms with E-state index in [2.05, 4.69) is 5.32 Å². The van der Waals surface area contributed by atoms with Gasteiger partial charge in [0.25, 0.3) is 0 Å². The molecule has 2 aromatic carbocycles. The van der Waals surface area contributed by atoms with Crippen LogP contribution in [0.3, 0.4) is 0 Å². The molecule has 0 bridgehead atoms. The van der Waals surface area contributed by atoms with Gasteiger partial charge in [-0.25, -0.2) is 0 Å². The van der Waals surface area contributed by atoms with Crippen LogP contribution >= 0.6 is 0 Å². The molecule has 6 nitrogen and oxygen atoms in total. The largest absolute Gasteiger partial charge is 0.493 e. The van der Waals surface area contributed by atoms with E-state index >= 15 is 0 Å². The molecule has 1 unspecified atom stereocenters. The predicted octanol–water partition coefficient (Wildman–Crippen LogP) is 1.91. The first kappa shape index (κ1) is 16.8. The number of carbonyl (C=O) groups is 2. The number of ether oxygens (including phenoxy) is 2. The monoisotopic (exact) mass is 340 g/mol. The lowest BCUT2D eigenvalue weighted by atomic mass is 9.95. The molecule has 0 saturated heterocycles. The zero-order valence-corrected chi connectivity index (χ0v) is 14.0. The van der Waals surface area contributed by atoms with Gasteiger partial charge >= 0.3 is 0 Å². The van der Waals surface area contributed by atoms with E-state index in [4.69, 9.17) is 15.2 Å². The van der Waals surface area contributed by atoms with Gasteiger partial charge in [-0.15, -0.1) is 0 Å². The van der Waals surface area contributed by atoms with Crippen molar-refractivity contribution in [3.05, 3.63) is 53.6 Å². The van der Waals surface area contributed by atoms with Gasteiger partial charge in [-0.05, 0) is 35.7 Å². The second kappa shape index (κ2) is 7.25. The number of methoxy groups -OCH3 is 1. The van der Waals surface area contributed by atoms with E-state index in [9.17, 15) is 9.59 Å². The number of rotatable bonds is 5.